The Balaban J connectivity index is 0.836. The predicted octanol–water partition coefficient (Wildman–Crippen LogP) is 9.13. The number of H-pyrrole nitrogens is 2. The second kappa shape index (κ2) is 19.2. The van der Waals surface area contributed by atoms with Gasteiger partial charge >= 0.3 is 12.2 Å². The molecular weight excluding hydrogens is 873 g/mol. The standard InChI is InChI=1S/C54H60N8O7/c1-54(2,3)69-53(66)60-46(33-22-26-68-27-23-33)51(64)62-25-9-13-44(62)49-56-41-21-19-38-29-37(18-20-40(38)47(41)58-49)34-14-15-36-30-39(17-16-35(36)28-34)42-31-55-48(57-42)43-12-8-24-61(43)50(63)45(59-52(65)67-4)32-10-6-5-7-11-32/h5-7,10-11,14-18,20,28-31,33,43-46H,8-9,12-13,19,21-27H2,1-4H3,(H,55,57)(H,56,58)(H,59,65)(H,60,66)/t43?,44-,45?,46-/m0/s1. The van der Waals surface area contributed by atoms with Crippen LogP contribution in [-0.2, 0) is 36.6 Å². The fraction of sp³-hybridized carbons (Fsp3) is 0.407. The van der Waals surface area contributed by atoms with E-state index >= 15 is 0 Å². The van der Waals surface area contributed by atoms with E-state index < -0.39 is 29.9 Å². The number of hydrogen-bond donors (Lipinski definition) is 4. The van der Waals surface area contributed by atoms with Crippen molar-refractivity contribution in [1.82, 2.24) is 40.4 Å². The SMILES string of the molecule is COC(=O)NC(C(=O)N1CCCC1c1ncc(-c2ccc3cc(-c4ccc5c(c4)CCc4[nH]c([C@@H]6CCCN6C(=O)[C@@H](NC(=O)OC(C)(C)C)C6CCOCC6)nc4-5)ccc3c2)[nH]1)c1ccccc1. The van der Waals surface area contributed by atoms with Crippen molar-refractivity contribution in [1.29, 1.82) is 0 Å². The van der Waals surface area contributed by atoms with E-state index in [1.54, 1.807) is 4.90 Å². The van der Waals surface area contributed by atoms with Crippen molar-refractivity contribution in [2.45, 2.75) is 102 Å². The van der Waals surface area contributed by atoms with E-state index in [-0.39, 0.29) is 29.8 Å². The maximum atomic E-state index is 14.4. The lowest BCUT2D eigenvalue weighted by Crippen LogP contribution is -2.54. The number of fused-ring (bicyclic) bond motifs is 4. The summed E-state index contributed by atoms with van der Waals surface area (Å²) >= 11 is 0. The third kappa shape index (κ3) is 9.56. The van der Waals surface area contributed by atoms with Gasteiger partial charge in [0.05, 0.1) is 36.8 Å². The number of likely N-dealkylation sites (tertiary alicyclic amines) is 2. The highest BCUT2D eigenvalue weighted by atomic mass is 16.6. The first-order valence-corrected chi connectivity index (χ1v) is 24.3. The van der Waals surface area contributed by atoms with Crippen LogP contribution in [0.3, 0.4) is 0 Å². The lowest BCUT2D eigenvalue weighted by molar-refractivity contribution is -0.137. The highest BCUT2D eigenvalue weighted by Gasteiger charge is 2.41. The molecule has 358 valence electrons. The number of benzene rings is 4. The minimum Gasteiger partial charge on any atom is -0.453 e. The summed E-state index contributed by atoms with van der Waals surface area (Å²) < 4.78 is 16.1. The van der Waals surface area contributed by atoms with Gasteiger partial charge in [-0.3, -0.25) is 9.59 Å². The number of carbonyl (C=O) groups excluding carboxylic acids is 4. The second-order valence-corrected chi connectivity index (χ2v) is 19.7. The smallest absolute Gasteiger partial charge is 0.408 e. The van der Waals surface area contributed by atoms with Crippen molar-refractivity contribution in [3.8, 4) is 33.6 Å². The number of alkyl carbamates (subject to hydrolysis) is 2. The fourth-order valence-corrected chi connectivity index (χ4v) is 10.7. The average Bonchev–Trinajstić information content (AvgIpc) is 4.21. The number of aromatic amines is 2. The van der Waals surface area contributed by atoms with E-state index in [1.807, 2.05) is 62.2 Å². The highest BCUT2D eigenvalue weighted by Crippen LogP contribution is 2.40. The van der Waals surface area contributed by atoms with Gasteiger partial charge in [-0.2, -0.15) is 0 Å². The molecule has 4 atom stereocenters. The summed E-state index contributed by atoms with van der Waals surface area (Å²) in [6.07, 6.45) is 6.85. The minimum absolute atomic E-state index is 0.0446. The molecule has 15 nitrogen and oxygen atoms in total. The van der Waals surface area contributed by atoms with Crippen LogP contribution in [0.1, 0.15) is 106 Å². The number of nitrogens with one attached hydrogen (secondary N) is 4. The largest absolute Gasteiger partial charge is 0.453 e. The Morgan fingerprint density at radius 3 is 2.13 bits per heavy atom. The summed E-state index contributed by atoms with van der Waals surface area (Å²) in [6, 6.07) is 26.7. The first kappa shape index (κ1) is 45.8. The van der Waals surface area contributed by atoms with Gasteiger partial charge in [-0.15, -0.1) is 0 Å². The van der Waals surface area contributed by atoms with Crippen LogP contribution < -0.4 is 10.6 Å². The molecule has 10 rings (SSSR count). The quantitative estimate of drug-likeness (QED) is 0.104. The van der Waals surface area contributed by atoms with Crippen LogP contribution in [0, 0.1) is 5.92 Å². The van der Waals surface area contributed by atoms with E-state index in [1.165, 1.54) is 12.7 Å². The molecule has 4 N–H and O–H groups in total. The number of ether oxygens (including phenoxy) is 3. The summed E-state index contributed by atoms with van der Waals surface area (Å²) in [6.45, 7) is 7.73. The van der Waals surface area contributed by atoms with Crippen molar-refractivity contribution >= 4 is 34.8 Å². The first-order chi connectivity index (χ1) is 33.4. The molecule has 4 amide bonds. The molecule has 0 bridgehead atoms. The number of carbonyl (C=O) groups is 4. The molecule has 3 saturated heterocycles. The van der Waals surface area contributed by atoms with Gasteiger partial charge in [0, 0.05) is 43.1 Å². The van der Waals surface area contributed by atoms with Crippen molar-refractivity contribution in [3.05, 3.63) is 120 Å². The van der Waals surface area contributed by atoms with Gasteiger partial charge in [0.2, 0.25) is 5.91 Å². The molecule has 5 heterocycles. The Labute approximate surface area is 401 Å². The van der Waals surface area contributed by atoms with Gasteiger partial charge in [-0.25, -0.2) is 19.6 Å². The van der Waals surface area contributed by atoms with Crippen LogP contribution in [0.4, 0.5) is 9.59 Å². The maximum absolute atomic E-state index is 14.4. The zero-order valence-electron chi connectivity index (χ0n) is 39.7. The first-order valence-electron chi connectivity index (χ1n) is 24.3. The van der Waals surface area contributed by atoms with Crippen LogP contribution in [0.15, 0.2) is 91.1 Å². The minimum atomic E-state index is -0.884. The highest BCUT2D eigenvalue weighted by molar-refractivity contribution is 5.91. The molecule has 2 unspecified atom stereocenters. The van der Waals surface area contributed by atoms with E-state index in [4.69, 9.17) is 24.2 Å². The molecule has 3 fully saturated rings. The number of imidazole rings is 2. The van der Waals surface area contributed by atoms with E-state index in [9.17, 15) is 19.2 Å². The summed E-state index contributed by atoms with van der Waals surface area (Å²) in [7, 11) is 1.29. The third-order valence-corrected chi connectivity index (χ3v) is 14.1. The lowest BCUT2D eigenvalue weighted by atomic mass is 9.89. The van der Waals surface area contributed by atoms with Crippen molar-refractivity contribution in [3.63, 3.8) is 0 Å². The van der Waals surface area contributed by atoms with Gasteiger partial charge in [0.15, 0.2) is 0 Å². The van der Waals surface area contributed by atoms with Crippen LogP contribution in [-0.4, -0.2) is 98.8 Å². The Morgan fingerprint density at radius 1 is 0.739 bits per heavy atom. The van der Waals surface area contributed by atoms with Gasteiger partial charge in [-0.05, 0) is 123 Å². The number of hydrogen-bond acceptors (Lipinski definition) is 9. The molecule has 4 aliphatic rings. The van der Waals surface area contributed by atoms with Gasteiger partial charge in [-0.1, -0.05) is 72.8 Å². The Kier molecular flexibility index (Phi) is 12.7. The number of rotatable bonds is 10. The fourth-order valence-electron chi connectivity index (χ4n) is 10.7. The van der Waals surface area contributed by atoms with E-state index in [2.05, 4.69) is 75.2 Å². The van der Waals surface area contributed by atoms with E-state index in [0.29, 0.717) is 50.5 Å². The molecule has 4 aromatic carbocycles. The summed E-state index contributed by atoms with van der Waals surface area (Å²) in [5.74, 6) is 1.16. The Morgan fingerprint density at radius 2 is 1.41 bits per heavy atom. The van der Waals surface area contributed by atoms with Crippen LogP contribution in [0.5, 0.6) is 0 Å². The number of aromatic nitrogens is 4. The van der Waals surface area contributed by atoms with Gasteiger partial charge in [0.25, 0.3) is 5.91 Å². The average molecular weight is 933 g/mol. The topological polar surface area (TPSA) is 184 Å². The molecule has 3 aliphatic heterocycles. The summed E-state index contributed by atoms with van der Waals surface area (Å²) in [5, 5.41) is 7.89. The molecule has 0 radical (unpaired) electrons. The number of nitrogens with zero attached hydrogens (tertiary/aromatic N) is 4. The van der Waals surface area contributed by atoms with Crippen LogP contribution in [0.25, 0.3) is 44.4 Å². The maximum Gasteiger partial charge on any atom is 0.408 e. The van der Waals surface area contributed by atoms with E-state index in [0.717, 1.165) is 94.5 Å². The van der Waals surface area contributed by atoms with Crippen molar-refractivity contribution < 1.29 is 33.4 Å². The second-order valence-electron chi connectivity index (χ2n) is 19.7. The molecule has 2 aromatic heterocycles. The van der Waals surface area contributed by atoms with Crippen molar-refractivity contribution in [2.24, 2.45) is 5.92 Å². The van der Waals surface area contributed by atoms with Crippen molar-refractivity contribution in [2.75, 3.05) is 33.4 Å². The summed E-state index contributed by atoms with van der Waals surface area (Å²) in [5.41, 5.74) is 8.47. The lowest BCUT2D eigenvalue weighted by Gasteiger charge is -2.34. The predicted molar refractivity (Wildman–Crippen MR) is 261 cm³/mol. The molecule has 6 aromatic rings. The van der Waals surface area contributed by atoms with Gasteiger partial charge < -0.3 is 44.6 Å². The molecule has 1 aliphatic carbocycles. The molecular formula is C54H60N8O7. The Hall–Kier alpha value is -7.00. The number of methoxy groups -OCH3 is 1. The third-order valence-electron chi connectivity index (χ3n) is 14.1. The monoisotopic (exact) mass is 932 g/mol. The van der Waals surface area contributed by atoms with Crippen LogP contribution >= 0.6 is 0 Å². The van der Waals surface area contributed by atoms with Gasteiger partial charge in [0.1, 0.15) is 29.3 Å². The summed E-state index contributed by atoms with van der Waals surface area (Å²) in [4.78, 5) is 74.6. The molecule has 0 spiro atoms. The zero-order valence-corrected chi connectivity index (χ0v) is 39.7. The molecule has 15 heteroatoms. The molecule has 0 saturated carbocycles. The number of aryl methyl sites for hydroxylation is 2. The normalized spacial score (nSPS) is 19.1. The zero-order chi connectivity index (χ0) is 47.8. The molecule has 69 heavy (non-hydrogen) atoms. The Bertz CT molecular complexity index is 2880. The number of amides is 4. The van der Waals surface area contributed by atoms with Crippen LogP contribution in [0.2, 0.25) is 0 Å².